The lowest BCUT2D eigenvalue weighted by Crippen LogP contribution is -2.55. The molecule has 2 heterocycles. The number of hydrogen-bond donors (Lipinski definition) is 2. The Morgan fingerprint density at radius 3 is 2.24 bits per heavy atom. The summed E-state index contributed by atoms with van der Waals surface area (Å²) in [5.41, 5.74) is 5.84. The molecular weight excluding hydrogens is 866 g/mol. The van der Waals surface area contributed by atoms with Gasteiger partial charge in [-0.05, 0) is 106 Å². The van der Waals surface area contributed by atoms with E-state index in [4.69, 9.17) is 47.4 Å². The first-order valence-electron chi connectivity index (χ1n) is 19.8. The third-order valence-electron chi connectivity index (χ3n) is 11.0. The molecule has 320 valence electrons. The van der Waals surface area contributed by atoms with Crippen LogP contribution >= 0.6 is 23.2 Å². The first kappa shape index (κ1) is 43.1. The summed E-state index contributed by atoms with van der Waals surface area (Å²) in [6, 6.07) is 36.0. The molecule has 2 N–H and O–H groups in total. The van der Waals surface area contributed by atoms with Gasteiger partial charge in [-0.15, -0.1) is 0 Å². The normalized spacial score (nSPS) is 16.2. The second-order valence-corrected chi connectivity index (χ2v) is 17.7. The number of hydrogen-bond acceptors (Lipinski definition) is 9. The van der Waals surface area contributed by atoms with E-state index < -0.39 is 40.1 Å². The number of aliphatic carboxylic acids is 1. The van der Waals surface area contributed by atoms with Gasteiger partial charge in [0.2, 0.25) is 15.9 Å². The van der Waals surface area contributed by atoms with Crippen molar-refractivity contribution in [3.05, 3.63) is 171 Å². The van der Waals surface area contributed by atoms with E-state index in [0.717, 1.165) is 26.6 Å². The Hall–Kier alpha value is -6.56. The van der Waals surface area contributed by atoms with Gasteiger partial charge in [0.15, 0.2) is 17.6 Å². The molecule has 6 aromatic carbocycles. The molecule has 15 heteroatoms. The maximum absolute atomic E-state index is 14.6. The molecule has 0 radical (unpaired) electrons. The van der Waals surface area contributed by atoms with Crippen LogP contribution in [0.15, 0.2) is 132 Å². The van der Waals surface area contributed by atoms with Gasteiger partial charge < -0.3 is 29.4 Å². The Balaban J connectivity index is 1.02. The minimum atomic E-state index is -4.41. The Kier molecular flexibility index (Phi) is 12.6. The summed E-state index contributed by atoms with van der Waals surface area (Å²) in [7, 11) is -3.05. The van der Waals surface area contributed by atoms with Gasteiger partial charge in [-0.1, -0.05) is 89.9 Å². The SMILES string of the molecule is COc1ccccc1S(=O)(=O)N1Cc2cc3c(cc2C[C@H]1C(=O)NC(Cc1ccc(-c2ccc(C#N)cc2)cc1)C(=O)O)OC[C@H](c1ccc(OCc2ccc(Cl)c(Cl)c2)cc1)O3. The Bertz CT molecular complexity index is 2830. The minimum absolute atomic E-state index is 0.0639. The highest BCUT2D eigenvalue weighted by atomic mass is 35.5. The summed E-state index contributed by atoms with van der Waals surface area (Å²) in [6.07, 6.45) is -0.633. The second-order valence-electron chi connectivity index (χ2n) is 15.0. The van der Waals surface area contributed by atoms with Crippen molar-refractivity contribution in [1.82, 2.24) is 9.62 Å². The standard InChI is InChI=1S/C48H39Cl2N3O9S/c1-59-42-4-2-3-5-46(42)63(57,58)53-26-36-24-44-43(61-28-45(62-44)34-15-17-37(18-16-34)60-27-31-10-19-38(49)39(50)20-31)23-35(36)22-41(53)47(54)52-40(48(55)56)21-29-6-11-32(12-7-29)33-13-8-30(25-51)9-14-33/h2-20,23-24,40-41,45H,21-22,26-28H2,1H3,(H,52,54)(H,55,56)/t40?,41-,45+/m0/s1. The van der Waals surface area contributed by atoms with Crippen LogP contribution in [0.4, 0.5) is 0 Å². The Morgan fingerprint density at radius 1 is 0.873 bits per heavy atom. The molecule has 1 unspecified atom stereocenters. The first-order valence-corrected chi connectivity index (χ1v) is 22.0. The molecule has 0 spiro atoms. The minimum Gasteiger partial charge on any atom is -0.495 e. The van der Waals surface area contributed by atoms with E-state index in [1.165, 1.54) is 19.2 Å². The average molecular weight is 905 g/mol. The number of nitrogens with zero attached hydrogens (tertiary/aromatic N) is 2. The Morgan fingerprint density at radius 2 is 1.56 bits per heavy atom. The second kappa shape index (κ2) is 18.4. The number of para-hydroxylation sites is 1. The average Bonchev–Trinajstić information content (AvgIpc) is 3.30. The third-order valence-corrected chi connectivity index (χ3v) is 13.6. The van der Waals surface area contributed by atoms with Gasteiger partial charge in [0.25, 0.3) is 0 Å². The molecule has 0 bridgehead atoms. The molecule has 0 saturated heterocycles. The number of carboxylic acids is 1. The third kappa shape index (κ3) is 9.45. The van der Waals surface area contributed by atoms with Crippen molar-refractivity contribution in [2.45, 2.75) is 49.1 Å². The zero-order valence-corrected chi connectivity index (χ0v) is 36.0. The number of halogens is 2. The van der Waals surface area contributed by atoms with E-state index in [9.17, 15) is 23.1 Å². The van der Waals surface area contributed by atoms with Crippen LogP contribution in [0.2, 0.25) is 10.0 Å². The smallest absolute Gasteiger partial charge is 0.326 e. The van der Waals surface area contributed by atoms with E-state index in [1.807, 2.05) is 54.6 Å². The maximum atomic E-state index is 14.6. The lowest BCUT2D eigenvalue weighted by Gasteiger charge is -2.37. The largest absolute Gasteiger partial charge is 0.495 e. The van der Waals surface area contributed by atoms with E-state index in [1.54, 1.807) is 60.7 Å². The maximum Gasteiger partial charge on any atom is 0.326 e. The van der Waals surface area contributed by atoms with E-state index >= 15 is 0 Å². The zero-order valence-electron chi connectivity index (χ0n) is 33.7. The zero-order chi connectivity index (χ0) is 44.3. The lowest BCUT2D eigenvalue weighted by molar-refractivity contribution is -0.142. The van der Waals surface area contributed by atoms with Crippen LogP contribution in [0.25, 0.3) is 11.1 Å². The fourth-order valence-electron chi connectivity index (χ4n) is 7.57. The van der Waals surface area contributed by atoms with Crippen LogP contribution in [0.5, 0.6) is 23.0 Å². The molecular formula is C48H39Cl2N3O9S. The Labute approximate surface area is 374 Å². The fraction of sp³-hybridized carbons (Fsp3) is 0.188. The number of nitriles is 1. The lowest BCUT2D eigenvalue weighted by atomic mass is 9.93. The van der Waals surface area contributed by atoms with Crippen LogP contribution in [0.3, 0.4) is 0 Å². The topological polar surface area (TPSA) is 164 Å². The molecule has 1 amide bonds. The molecule has 8 rings (SSSR count). The number of nitrogens with one attached hydrogen (secondary N) is 1. The van der Waals surface area contributed by atoms with Crippen LogP contribution in [0.1, 0.15) is 39.5 Å². The van der Waals surface area contributed by atoms with E-state index in [0.29, 0.717) is 56.2 Å². The molecule has 3 atom stereocenters. The summed E-state index contributed by atoms with van der Waals surface area (Å²) >= 11 is 12.2. The van der Waals surface area contributed by atoms with Gasteiger partial charge in [0.1, 0.15) is 41.7 Å². The van der Waals surface area contributed by atoms with Crippen molar-refractivity contribution in [3.63, 3.8) is 0 Å². The first-order chi connectivity index (χ1) is 30.4. The fourth-order valence-corrected chi connectivity index (χ4v) is 9.62. The molecule has 0 fully saturated rings. The predicted octanol–water partition coefficient (Wildman–Crippen LogP) is 8.56. The van der Waals surface area contributed by atoms with Crippen molar-refractivity contribution in [1.29, 1.82) is 5.26 Å². The van der Waals surface area contributed by atoms with Gasteiger partial charge >= 0.3 is 5.97 Å². The van der Waals surface area contributed by atoms with Crippen LogP contribution in [-0.2, 0) is 45.6 Å². The quantitative estimate of drug-likeness (QED) is 0.115. The molecule has 0 saturated carbocycles. The van der Waals surface area contributed by atoms with Gasteiger partial charge in [0, 0.05) is 13.0 Å². The van der Waals surface area contributed by atoms with Crippen molar-refractivity contribution in [2.24, 2.45) is 0 Å². The van der Waals surface area contributed by atoms with Gasteiger partial charge in [-0.3, -0.25) is 4.79 Å². The van der Waals surface area contributed by atoms with Gasteiger partial charge in [-0.2, -0.15) is 9.57 Å². The molecule has 0 aliphatic carbocycles. The van der Waals surface area contributed by atoms with Crippen LogP contribution in [0, 0.1) is 11.3 Å². The monoisotopic (exact) mass is 903 g/mol. The van der Waals surface area contributed by atoms with Crippen LogP contribution in [-0.4, -0.2) is 55.5 Å². The molecule has 2 aliphatic rings. The van der Waals surface area contributed by atoms with Gasteiger partial charge in [0.05, 0.1) is 28.8 Å². The highest BCUT2D eigenvalue weighted by Crippen LogP contribution is 2.42. The van der Waals surface area contributed by atoms with E-state index in [2.05, 4.69) is 11.4 Å². The molecule has 0 aromatic heterocycles. The molecule has 6 aromatic rings. The summed E-state index contributed by atoms with van der Waals surface area (Å²) in [6.45, 7) is 0.248. The molecule has 2 aliphatic heterocycles. The highest BCUT2D eigenvalue weighted by Gasteiger charge is 2.42. The van der Waals surface area contributed by atoms with Crippen molar-refractivity contribution in [2.75, 3.05) is 13.7 Å². The highest BCUT2D eigenvalue weighted by molar-refractivity contribution is 7.89. The summed E-state index contributed by atoms with van der Waals surface area (Å²) in [5, 5.41) is 23.0. The number of carbonyl (C=O) groups excluding carboxylic acids is 1. The predicted molar refractivity (Wildman–Crippen MR) is 236 cm³/mol. The molecule has 12 nitrogen and oxygen atoms in total. The van der Waals surface area contributed by atoms with E-state index in [-0.39, 0.29) is 36.6 Å². The number of sulfonamides is 1. The molecule has 63 heavy (non-hydrogen) atoms. The number of amides is 1. The van der Waals surface area contributed by atoms with Crippen molar-refractivity contribution < 1.29 is 42.1 Å². The number of benzene rings is 6. The summed E-state index contributed by atoms with van der Waals surface area (Å²) < 4.78 is 54.2. The number of carboxylic acid groups (broad SMARTS) is 1. The number of fused-ring (bicyclic) bond motifs is 2. The number of methoxy groups -OCH3 is 1. The van der Waals surface area contributed by atoms with Crippen molar-refractivity contribution >= 4 is 45.1 Å². The summed E-state index contributed by atoms with van der Waals surface area (Å²) in [4.78, 5) is 26.8. The van der Waals surface area contributed by atoms with Crippen molar-refractivity contribution in [3.8, 4) is 40.2 Å². The van der Waals surface area contributed by atoms with Crippen LogP contribution < -0.4 is 24.3 Å². The number of carbonyl (C=O) groups is 2. The number of ether oxygens (including phenoxy) is 4. The summed E-state index contributed by atoms with van der Waals surface area (Å²) in [5.74, 6) is -0.505. The number of rotatable bonds is 13. The van der Waals surface area contributed by atoms with Gasteiger partial charge in [-0.25, -0.2) is 13.2 Å².